The van der Waals surface area contributed by atoms with Crippen molar-refractivity contribution < 1.29 is 29.0 Å². The smallest absolute Gasteiger partial charge is 0.326 e. The molecule has 0 saturated heterocycles. The van der Waals surface area contributed by atoms with Gasteiger partial charge in [-0.25, -0.2) is 4.79 Å². The van der Waals surface area contributed by atoms with E-state index in [0.29, 0.717) is 16.9 Å². The van der Waals surface area contributed by atoms with Crippen LogP contribution in [0.25, 0.3) is 22.3 Å². The third-order valence-corrected chi connectivity index (χ3v) is 4.41. The normalized spacial score (nSPS) is 11.8. The van der Waals surface area contributed by atoms with Crippen LogP contribution in [0.4, 0.5) is 0 Å². The Hall–Kier alpha value is -3.94. The van der Waals surface area contributed by atoms with Crippen LogP contribution >= 0.6 is 0 Å². The Morgan fingerprint density at radius 2 is 1.72 bits per heavy atom. The molecule has 3 rings (SSSR count). The molecule has 0 aliphatic rings. The predicted octanol–water partition coefficient (Wildman–Crippen LogP) is 2.43. The van der Waals surface area contributed by atoms with E-state index in [0.717, 1.165) is 0 Å². The number of aliphatic carboxylic acids is 2. The van der Waals surface area contributed by atoms with Crippen molar-refractivity contribution in [3.8, 4) is 11.3 Å². The van der Waals surface area contributed by atoms with Gasteiger partial charge in [-0.05, 0) is 19.1 Å². The molecule has 0 fully saturated rings. The number of hydrogen-bond donors (Lipinski definition) is 3. The van der Waals surface area contributed by atoms with Crippen molar-refractivity contribution in [1.82, 2.24) is 5.32 Å². The topological polar surface area (TPSA) is 134 Å². The van der Waals surface area contributed by atoms with Crippen LogP contribution in [-0.2, 0) is 9.59 Å². The summed E-state index contributed by atoms with van der Waals surface area (Å²) < 4.78 is 5.91. The van der Waals surface area contributed by atoms with Crippen molar-refractivity contribution in [2.24, 2.45) is 0 Å². The first-order chi connectivity index (χ1) is 13.8. The van der Waals surface area contributed by atoms with Crippen LogP contribution < -0.4 is 10.7 Å². The molecular formula is C21H17NO7. The lowest BCUT2D eigenvalue weighted by Crippen LogP contribution is -2.42. The number of amides is 1. The summed E-state index contributed by atoms with van der Waals surface area (Å²) in [5.41, 5.74) is 0.636. The lowest BCUT2D eigenvalue weighted by Gasteiger charge is -2.14. The summed E-state index contributed by atoms with van der Waals surface area (Å²) in [5, 5.41) is 20.3. The number of benzene rings is 2. The molecule has 0 aliphatic heterocycles. The maximum atomic E-state index is 12.8. The molecule has 148 valence electrons. The van der Waals surface area contributed by atoms with Gasteiger partial charge in [-0.15, -0.1) is 0 Å². The van der Waals surface area contributed by atoms with Gasteiger partial charge < -0.3 is 19.9 Å². The Kier molecular flexibility index (Phi) is 5.45. The number of hydrogen-bond acceptors (Lipinski definition) is 5. The monoisotopic (exact) mass is 395 g/mol. The Morgan fingerprint density at radius 1 is 1.03 bits per heavy atom. The zero-order valence-electron chi connectivity index (χ0n) is 15.3. The highest BCUT2D eigenvalue weighted by Gasteiger charge is 2.25. The third kappa shape index (κ3) is 4.01. The van der Waals surface area contributed by atoms with Crippen LogP contribution in [0.1, 0.15) is 22.3 Å². The highest BCUT2D eigenvalue weighted by Crippen LogP contribution is 2.27. The van der Waals surface area contributed by atoms with E-state index in [9.17, 15) is 19.2 Å². The van der Waals surface area contributed by atoms with Crippen molar-refractivity contribution in [1.29, 1.82) is 0 Å². The second kappa shape index (κ2) is 7.97. The fourth-order valence-electron chi connectivity index (χ4n) is 2.96. The number of nitrogens with one attached hydrogen (secondary N) is 1. The van der Waals surface area contributed by atoms with Crippen molar-refractivity contribution in [3.63, 3.8) is 0 Å². The molecule has 2 aromatic carbocycles. The van der Waals surface area contributed by atoms with E-state index in [1.165, 1.54) is 18.2 Å². The van der Waals surface area contributed by atoms with Crippen LogP contribution in [0.2, 0.25) is 0 Å². The van der Waals surface area contributed by atoms with Crippen molar-refractivity contribution in [2.75, 3.05) is 0 Å². The van der Waals surface area contributed by atoms with Gasteiger partial charge in [0.2, 0.25) is 0 Å². The van der Waals surface area contributed by atoms with Crippen molar-refractivity contribution in [2.45, 2.75) is 19.4 Å². The first-order valence-corrected chi connectivity index (χ1v) is 8.67. The highest BCUT2D eigenvalue weighted by atomic mass is 16.4. The number of carbonyl (C=O) groups is 3. The minimum absolute atomic E-state index is 0.00100. The van der Waals surface area contributed by atoms with Crippen molar-refractivity contribution in [3.05, 3.63) is 69.9 Å². The van der Waals surface area contributed by atoms with Gasteiger partial charge in [-0.1, -0.05) is 36.4 Å². The number of carboxylic acid groups (broad SMARTS) is 2. The van der Waals surface area contributed by atoms with Crippen LogP contribution in [0.15, 0.2) is 57.7 Å². The second-order valence-corrected chi connectivity index (χ2v) is 6.40. The van der Waals surface area contributed by atoms with Gasteiger partial charge in [-0.3, -0.25) is 14.4 Å². The fourth-order valence-corrected chi connectivity index (χ4v) is 2.96. The molecule has 0 bridgehead atoms. The van der Waals surface area contributed by atoms with Crippen LogP contribution in [-0.4, -0.2) is 34.1 Å². The van der Waals surface area contributed by atoms with Gasteiger partial charge in [0.1, 0.15) is 11.8 Å². The van der Waals surface area contributed by atoms with Gasteiger partial charge in [-0.2, -0.15) is 0 Å². The third-order valence-electron chi connectivity index (χ3n) is 4.41. The number of para-hydroxylation sites is 1. The summed E-state index contributed by atoms with van der Waals surface area (Å²) in [6.07, 6.45) is -0.788. The highest BCUT2D eigenvalue weighted by molar-refractivity contribution is 6.06. The number of carboxylic acids is 2. The Morgan fingerprint density at radius 3 is 2.34 bits per heavy atom. The van der Waals surface area contributed by atoms with Crippen LogP contribution in [0, 0.1) is 6.92 Å². The molecule has 1 atom stereocenters. The molecule has 8 heteroatoms. The molecule has 0 aliphatic carbocycles. The van der Waals surface area contributed by atoms with Crippen LogP contribution in [0.3, 0.4) is 0 Å². The van der Waals surface area contributed by atoms with E-state index in [-0.39, 0.29) is 22.0 Å². The molecule has 0 radical (unpaired) electrons. The van der Waals surface area contributed by atoms with E-state index in [1.807, 2.05) is 6.07 Å². The lowest BCUT2D eigenvalue weighted by atomic mass is 10.0. The Bertz CT molecular complexity index is 1160. The minimum Gasteiger partial charge on any atom is -0.481 e. The van der Waals surface area contributed by atoms with E-state index in [1.54, 1.807) is 31.2 Å². The first-order valence-electron chi connectivity index (χ1n) is 8.67. The first kappa shape index (κ1) is 19.8. The summed E-state index contributed by atoms with van der Waals surface area (Å²) in [5.74, 6) is -3.41. The second-order valence-electron chi connectivity index (χ2n) is 6.40. The quantitative estimate of drug-likeness (QED) is 0.583. The standard InChI is InChI=1S/C21H17NO7/c1-11-17(25)13-8-5-9-14(20(26)22-15(21(27)28)10-16(23)24)19(13)29-18(11)12-6-3-2-4-7-12/h2-9,15H,10H2,1H3,(H,22,26)(H,23,24)(H,27,28). The maximum absolute atomic E-state index is 12.8. The molecule has 29 heavy (non-hydrogen) atoms. The van der Waals surface area contributed by atoms with E-state index < -0.39 is 30.3 Å². The molecule has 1 heterocycles. The van der Waals surface area contributed by atoms with E-state index in [2.05, 4.69) is 5.32 Å². The Labute approximate surface area is 164 Å². The van der Waals surface area contributed by atoms with Crippen LogP contribution in [0.5, 0.6) is 0 Å². The average molecular weight is 395 g/mol. The zero-order valence-corrected chi connectivity index (χ0v) is 15.3. The zero-order chi connectivity index (χ0) is 21.1. The van der Waals surface area contributed by atoms with E-state index in [4.69, 9.17) is 14.6 Å². The minimum atomic E-state index is -1.62. The lowest BCUT2D eigenvalue weighted by molar-refractivity contribution is -0.145. The van der Waals surface area contributed by atoms with Gasteiger partial charge in [0.25, 0.3) is 5.91 Å². The fraction of sp³-hybridized carbons (Fsp3) is 0.143. The van der Waals surface area contributed by atoms with Gasteiger partial charge in [0.15, 0.2) is 11.0 Å². The largest absolute Gasteiger partial charge is 0.481 e. The molecule has 3 N–H and O–H groups in total. The summed E-state index contributed by atoms with van der Waals surface area (Å²) in [7, 11) is 0. The maximum Gasteiger partial charge on any atom is 0.326 e. The Balaban J connectivity index is 2.13. The van der Waals surface area contributed by atoms with Gasteiger partial charge in [0.05, 0.1) is 17.4 Å². The number of carbonyl (C=O) groups excluding carboxylic acids is 1. The molecule has 1 unspecified atom stereocenters. The number of rotatable bonds is 6. The van der Waals surface area contributed by atoms with Crippen molar-refractivity contribution >= 4 is 28.8 Å². The molecule has 3 aromatic rings. The molecule has 1 aromatic heterocycles. The van der Waals surface area contributed by atoms with Gasteiger partial charge >= 0.3 is 11.9 Å². The molecule has 0 spiro atoms. The molecule has 8 nitrogen and oxygen atoms in total. The number of fused-ring (bicyclic) bond motifs is 1. The van der Waals surface area contributed by atoms with Gasteiger partial charge in [0, 0.05) is 11.1 Å². The van der Waals surface area contributed by atoms with E-state index >= 15 is 0 Å². The average Bonchev–Trinajstić information content (AvgIpc) is 2.70. The molecule has 0 saturated carbocycles. The molecule has 1 amide bonds. The summed E-state index contributed by atoms with van der Waals surface area (Å²) >= 11 is 0. The molecular weight excluding hydrogens is 378 g/mol. The summed E-state index contributed by atoms with van der Waals surface area (Å²) in [6, 6.07) is 11.6. The SMILES string of the molecule is Cc1c(-c2ccccc2)oc2c(C(=O)NC(CC(=O)O)C(=O)O)cccc2c1=O. The summed E-state index contributed by atoms with van der Waals surface area (Å²) in [4.78, 5) is 47.6. The summed E-state index contributed by atoms with van der Waals surface area (Å²) in [6.45, 7) is 1.62. The predicted molar refractivity (Wildman–Crippen MR) is 104 cm³/mol.